The zero-order chi connectivity index (χ0) is 18.4. The first kappa shape index (κ1) is 17.8. The van der Waals surface area contributed by atoms with Crippen LogP contribution < -0.4 is 4.74 Å². The zero-order valence-corrected chi connectivity index (χ0v) is 16.5. The number of nitrogens with zero attached hydrogens (tertiary/aromatic N) is 2. The lowest BCUT2D eigenvalue weighted by Gasteiger charge is -2.42. The zero-order valence-electron chi connectivity index (χ0n) is 16.5. The smallest absolute Gasteiger partial charge is 0.230 e. The second kappa shape index (κ2) is 6.56. The van der Waals surface area contributed by atoms with E-state index in [2.05, 4.69) is 48.8 Å². The summed E-state index contributed by atoms with van der Waals surface area (Å²) < 4.78 is 5.62. The van der Waals surface area contributed by atoms with Gasteiger partial charge in [-0.3, -0.25) is 9.69 Å². The SMILES string of the molecule is CC(C)(C)CN1CCCC2(CCN(Cc3ccc4c(c3)CCO4)C2)C1=O. The first-order valence-electron chi connectivity index (χ1n) is 10.1. The van der Waals surface area contributed by atoms with Gasteiger partial charge in [0.25, 0.3) is 0 Å². The molecule has 2 fully saturated rings. The molecule has 1 spiro atoms. The van der Waals surface area contributed by atoms with Crippen molar-refractivity contribution < 1.29 is 9.53 Å². The Hall–Kier alpha value is -1.55. The minimum absolute atomic E-state index is 0.136. The van der Waals surface area contributed by atoms with E-state index in [1.54, 1.807) is 0 Å². The third-order valence-electron chi connectivity index (χ3n) is 6.08. The van der Waals surface area contributed by atoms with Crippen molar-refractivity contribution in [1.82, 2.24) is 9.80 Å². The van der Waals surface area contributed by atoms with Gasteiger partial charge in [-0.1, -0.05) is 32.9 Å². The molecule has 0 N–H and O–H groups in total. The normalized spacial score (nSPS) is 26.4. The molecule has 0 aliphatic carbocycles. The Morgan fingerprint density at radius 1 is 1.19 bits per heavy atom. The largest absolute Gasteiger partial charge is 0.493 e. The lowest BCUT2D eigenvalue weighted by atomic mass is 9.77. The Kier molecular flexibility index (Phi) is 4.50. The third-order valence-corrected chi connectivity index (χ3v) is 6.08. The van der Waals surface area contributed by atoms with Crippen molar-refractivity contribution in [2.75, 3.05) is 32.8 Å². The average molecular weight is 357 g/mol. The van der Waals surface area contributed by atoms with Crippen LogP contribution in [0.4, 0.5) is 0 Å². The van der Waals surface area contributed by atoms with Gasteiger partial charge in [-0.05, 0) is 48.4 Å². The maximum atomic E-state index is 13.3. The number of fused-ring (bicyclic) bond motifs is 1. The van der Waals surface area contributed by atoms with Crippen LogP contribution >= 0.6 is 0 Å². The number of benzene rings is 1. The van der Waals surface area contributed by atoms with Gasteiger partial charge in [0, 0.05) is 32.6 Å². The number of rotatable bonds is 3. The Labute approximate surface area is 157 Å². The molecular weight excluding hydrogens is 324 g/mol. The molecule has 1 atom stereocenters. The maximum absolute atomic E-state index is 13.3. The Morgan fingerprint density at radius 3 is 2.85 bits per heavy atom. The summed E-state index contributed by atoms with van der Waals surface area (Å²) in [6.45, 7) is 12.2. The first-order valence-corrected chi connectivity index (χ1v) is 10.1. The second-order valence-corrected chi connectivity index (χ2v) is 9.67. The van der Waals surface area contributed by atoms with E-state index in [-0.39, 0.29) is 10.8 Å². The third kappa shape index (κ3) is 3.48. The molecule has 4 nitrogen and oxygen atoms in total. The van der Waals surface area contributed by atoms with Crippen molar-refractivity contribution in [1.29, 1.82) is 0 Å². The van der Waals surface area contributed by atoms with Crippen LogP contribution in [0.2, 0.25) is 0 Å². The van der Waals surface area contributed by atoms with Crippen LogP contribution in [-0.2, 0) is 17.8 Å². The molecule has 3 aliphatic heterocycles. The van der Waals surface area contributed by atoms with Crippen LogP contribution in [0.5, 0.6) is 5.75 Å². The highest BCUT2D eigenvalue weighted by molar-refractivity contribution is 5.84. The van der Waals surface area contributed by atoms with Crippen LogP contribution in [0.25, 0.3) is 0 Å². The fourth-order valence-electron chi connectivity index (χ4n) is 4.94. The quantitative estimate of drug-likeness (QED) is 0.831. The highest BCUT2D eigenvalue weighted by Crippen LogP contribution is 2.41. The molecule has 26 heavy (non-hydrogen) atoms. The van der Waals surface area contributed by atoms with Crippen molar-refractivity contribution in [3.05, 3.63) is 29.3 Å². The van der Waals surface area contributed by atoms with Crippen LogP contribution in [0.1, 0.15) is 51.2 Å². The number of likely N-dealkylation sites (tertiary alicyclic amines) is 2. The molecule has 0 radical (unpaired) electrons. The van der Waals surface area contributed by atoms with Gasteiger partial charge in [-0.2, -0.15) is 0 Å². The molecule has 0 aromatic heterocycles. The Bertz CT molecular complexity index is 694. The molecule has 3 heterocycles. The minimum atomic E-state index is -0.136. The van der Waals surface area contributed by atoms with E-state index >= 15 is 0 Å². The molecule has 1 aromatic rings. The van der Waals surface area contributed by atoms with E-state index in [0.29, 0.717) is 5.91 Å². The Balaban J connectivity index is 1.43. The summed E-state index contributed by atoms with van der Waals surface area (Å²) in [4.78, 5) is 17.9. The van der Waals surface area contributed by atoms with E-state index in [4.69, 9.17) is 4.74 Å². The monoisotopic (exact) mass is 356 g/mol. The number of hydrogen-bond acceptors (Lipinski definition) is 3. The predicted molar refractivity (Wildman–Crippen MR) is 103 cm³/mol. The summed E-state index contributed by atoms with van der Waals surface area (Å²) in [5, 5.41) is 0. The average Bonchev–Trinajstić information content (AvgIpc) is 3.18. The van der Waals surface area contributed by atoms with Gasteiger partial charge >= 0.3 is 0 Å². The van der Waals surface area contributed by atoms with Crippen LogP contribution in [0.15, 0.2) is 18.2 Å². The summed E-state index contributed by atoms with van der Waals surface area (Å²) in [5.41, 5.74) is 2.71. The summed E-state index contributed by atoms with van der Waals surface area (Å²) in [7, 11) is 0. The van der Waals surface area contributed by atoms with Gasteiger partial charge in [0.05, 0.1) is 12.0 Å². The molecule has 3 aliphatic rings. The number of carbonyl (C=O) groups excluding carboxylic acids is 1. The first-order chi connectivity index (χ1) is 12.3. The van der Waals surface area contributed by atoms with E-state index in [9.17, 15) is 4.79 Å². The fraction of sp³-hybridized carbons (Fsp3) is 0.682. The summed E-state index contributed by atoms with van der Waals surface area (Å²) >= 11 is 0. The van der Waals surface area contributed by atoms with E-state index < -0.39 is 0 Å². The van der Waals surface area contributed by atoms with Crippen molar-refractivity contribution >= 4 is 5.91 Å². The summed E-state index contributed by atoms with van der Waals surface area (Å²) in [6.07, 6.45) is 4.24. The molecule has 0 bridgehead atoms. The molecule has 1 aromatic carbocycles. The predicted octanol–water partition coefficient (Wildman–Crippen LogP) is 3.48. The number of amides is 1. The van der Waals surface area contributed by atoms with E-state index in [0.717, 1.165) is 70.8 Å². The van der Waals surface area contributed by atoms with Gasteiger partial charge in [0.2, 0.25) is 5.91 Å². The van der Waals surface area contributed by atoms with Crippen molar-refractivity contribution in [3.63, 3.8) is 0 Å². The van der Waals surface area contributed by atoms with Gasteiger partial charge in [0.1, 0.15) is 5.75 Å². The maximum Gasteiger partial charge on any atom is 0.230 e. The molecule has 142 valence electrons. The van der Waals surface area contributed by atoms with Crippen LogP contribution in [0, 0.1) is 10.8 Å². The number of carbonyl (C=O) groups is 1. The second-order valence-electron chi connectivity index (χ2n) is 9.67. The van der Waals surface area contributed by atoms with Crippen LogP contribution in [0.3, 0.4) is 0 Å². The van der Waals surface area contributed by atoms with Gasteiger partial charge in [-0.15, -0.1) is 0 Å². The number of piperidine rings is 1. The van der Waals surface area contributed by atoms with Crippen molar-refractivity contribution in [2.45, 2.75) is 53.0 Å². The van der Waals surface area contributed by atoms with Crippen molar-refractivity contribution in [2.24, 2.45) is 10.8 Å². The summed E-state index contributed by atoms with van der Waals surface area (Å²) in [5.74, 6) is 1.45. The van der Waals surface area contributed by atoms with Crippen LogP contribution in [-0.4, -0.2) is 48.5 Å². The van der Waals surface area contributed by atoms with Gasteiger partial charge in [0.15, 0.2) is 0 Å². The van der Waals surface area contributed by atoms with Gasteiger partial charge < -0.3 is 9.64 Å². The molecule has 0 saturated carbocycles. The molecule has 4 heteroatoms. The molecule has 1 amide bonds. The Morgan fingerprint density at radius 2 is 2.04 bits per heavy atom. The van der Waals surface area contributed by atoms with E-state index in [1.807, 2.05) is 0 Å². The fourth-order valence-corrected chi connectivity index (χ4v) is 4.94. The highest BCUT2D eigenvalue weighted by atomic mass is 16.5. The standard InChI is InChI=1S/C22H32N2O2/c1-21(2,3)15-24-10-4-8-22(20(24)25)9-11-23(16-22)14-17-5-6-19-18(13-17)7-12-26-19/h5-6,13H,4,7-12,14-16H2,1-3H3. The molecule has 4 rings (SSSR count). The molecule has 1 unspecified atom stereocenters. The molecule has 2 saturated heterocycles. The lowest BCUT2D eigenvalue weighted by molar-refractivity contribution is -0.147. The topological polar surface area (TPSA) is 32.8 Å². The number of hydrogen-bond donors (Lipinski definition) is 0. The number of ether oxygens (including phenoxy) is 1. The minimum Gasteiger partial charge on any atom is -0.493 e. The molecular formula is C22H32N2O2. The van der Waals surface area contributed by atoms with Gasteiger partial charge in [-0.25, -0.2) is 0 Å². The van der Waals surface area contributed by atoms with Crippen molar-refractivity contribution in [3.8, 4) is 5.75 Å². The lowest BCUT2D eigenvalue weighted by Crippen LogP contribution is -2.52. The summed E-state index contributed by atoms with van der Waals surface area (Å²) in [6, 6.07) is 6.59. The highest BCUT2D eigenvalue weighted by Gasteiger charge is 2.48. The van der Waals surface area contributed by atoms with E-state index in [1.165, 1.54) is 11.1 Å².